The van der Waals surface area contributed by atoms with E-state index in [1.54, 1.807) is 24.8 Å². The van der Waals surface area contributed by atoms with Crippen molar-refractivity contribution >= 4 is 17.2 Å². The van der Waals surface area contributed by atoms with Crippen molar-refractivity contribution < 1.29 is 9.53 Å². The molecule has 2 aromatic heterocycles. The first-order valence-corrected chi connectivity index (χ1v) is 7.45. The van der Waals surface area contributed by atoms with Crippen LogP contribution in [0.25, 0.3) is 0 Å². The van der Waals surface area contributed by atoms with E-state index in [4.69, 9.17) is 4.74 Å². The number of hydrogen-bond acceptors (Lipinski definition) is 6. The molecule has 1 N–H and O–H groups in total. The number of ether oxygens (including phenoxy) is 1. The molecule has 0 spiro atoms. The zero-order valence-corrected chi connectivity index (χ0v) is 13.2. The largest absolute Gasteiger partial charge is 0.378 e. The second kappa shape index (κ2) is 7.28. The van der Waals surface area contributed by atoms with Crippen molar-refractivity contribution in [2.24, 2.45) is 7.05 Å². The maximum atomic E-state index is 11.9. The number of carbonyl (C=O) groups excluding carboxylic acids is 1. The minimum atomic E-state index is -0.000841. The molecular weight excluding hydrogens is 290 g/mol. The summed E-state index contributed by atoms with van der Waals surface area (Å²) in [5.41, 5.74) is 0.945. The zero-order chi connectivity index (χ0) is 15.2. The second-order valence-electron chi connectivity index (χ2n) is 4.68. The molecule has 0 aromatic carbocycles. The standard InChI is InChI=1S/C13H19N5O2S/c1-9-10(21-13(16-9)7-20-3)6-14-12(19)5-4-11-17-15-8-18(11)2/h8H,4-7H2,1-3H3,(H,14,19). The summed E-state index contributed by atoms with van der Waals surface area (Å²) in [5.74, 6) is 0.806. The molecule has 0 saturated heterocycles. The third-order valence-electron chi connectivity index (χ3n) is 3.03. The minimum absolute atomic E-state index is 0.000841. The van der Waals surface area contributed by atoms with Crippen LogP contribution in [0.4, 0.5) is 0 Å². The van der Waals surface area contributed by atoms with Gasteiger partial charge in [0.25, 0.3) is 0 Å². The van der Waals surface area contributed by atoms with E-state index in [0.717, 1.165) is 21.4 Å². The summed E-state index contributed by atoms with van der Waals surface area (Å²) in [6.45, 7) is 2.95. The predicted octanol–water partition coefficient (Wildman–Crippen LogP) is 0.975. The molecule has 114 valence electrons. The molecule has 2 aromatic rings. The fourth-order valence-corrected chi connectivity index (χ4v) is 2.85. The summed E-state index contributed by atoms with van der Waals surface area (Å²) in [4.78, 5) is 17.3. The summed E-state index contributed by atoms with van der Waals surface area (Å²) in [7, 11) is 3.51. The maximum Gasteiger partial charge on any atom is 0.220 e. The van der Waals surface area contributed by atoms with Gasteiger partial charge in [0.2, 0.25) is 5.91 Å². The number of methoxy groups -OCH3 is 1. The Bertz CT molecular complexity index is 607. The Labute approximate surface area is 127 Å². The fourth-order valence-electron chi connectivity index (χ4n) is 1.86. The predicted molar refractivity (Wildman–Crippen MR) is 78.7 cm³/mol. The van der Waals surface area contributed by atoms with Gasteiger partial charge in [0.15, 0.2) is 0 Å². The number of aromatic nitrogens is 4. The van der Waals surface area contributed by atoms with Crippen LogP contribution in [-0.4, -0.2) is 32.8 Å². The molecule has 0 aliphatic heterocycles. The van der Waals surface area contributed by atoms with Gasteiger partial charge in [-0.3, -0.25) is 4.79 Å². The molecule has 0 unspecified atom stereocenters. The van der Waals surface area contributed by atoms with Gasteiger partial charge in [0.05, 0.1) is 18.8 Å². The Morgan fingerprint density at radius 3 is 3.00 bits per heavy atom. The molecule has 0 aliphatic rings. The van der Waals surface area contributed by atoms with Gasteiger partial charge in [-0.25, -0.2) is 4.98 Å². The first kappa shape index (κ1) is 15.6. The lowest BCUT2D eigenvalue weighted by Crippen LogP contribution is -2.23. The highest BCUT2D eigenvalue weighted by atomic mass is 32.1. The molecule has 21 heavy (non-hydrogen) atoms. The molecule has 0 atom stereocenters. The average molecular weight is 309 g/mol. The first-order chi connectivity index (χ1) is 10.1. The summed E-state index contributed by atoms with van der Waals surface area (Å²) in [6, 6.07) is 0. The van der Waals surface area contributed by atoms with Crippen molar-refractivity contribution in [3.63, 3.8) is 0 Å². The molecule has 0 bridgehead atoms. The van der Waals surface area contributed by atoms with Gasteiger partial charge >= 0.3 is 0 Å². The van der Waals surface area contributed by atoms with Crippen molar-refractivity contribution in [3.8, 4) is 0 Å². The van der Waals surface area contributed by atoms with E-state index in [2.05, 4.69) is 20.5 Å². The number of amides is 1. The molecule has 7 nitrogen and oxygen atoms in total. The molecule has 0 saturated carbocycles. The van der Waals surface area contributed by atoms with Crippen LogP contribution in [0.2, 0.25) is 0 Å². The third-order valence-corrected chi connectivity index (χ3v) is 4.16. The molecule has 0 aliphatic carbocycles. The van der Waals surface area contributed by atoms with Gasteiger partial charge in [-0.2, -0.15) is 0 Å². The van der Waals surface area contributed by atoms with Gasteiger partial charge in [-0.15, -0.1) is 21.5 Å². The van der Waals surface area contributed by atoms with Gasteiger partial charge in [0, 0.05) is 31.9 Å². The van der Waals surface area contributed by atoms with E-state index >= 15 is 0 Å². The summed E-state index contributed by atoms with van der Waals surface area (Å²) < 4.78 is 6.88. The maximum absolute atomic E-state index is 11.9. The van der Waals surface area contributed by atoms with Gasteiger partial charge in [-0.1, -0.05) is 0 Å². The number of hydrogen-bond donors (Lipinski definition) is 1. The molecule has 1 amide bonds. The molecule has 2 rings (SSSR count). The monoisotopic (exact) mass is 309 g/mol. The number of aryl methyl sites for hydroxylation is 3. The van der Waals surface area contributed by atoms with E-state index in [0.29, 0.717) is 26.0 Å². The number of thiazole rings is 1. The summed E-state index contributed by atoms with van der Waals surface area (Å²) >= 11 is 1.57. The number of rotatable bonds is 7. The first-order valence-electron chi connectivity index (χ1n) is 6.64. The Morgan fingerprint density at radius 1 is 1.52 bits per heavy atom. The molecule has 0 radical (unpaired) electrons. The molecule has 2 heterocycles. The third kappa shape index (κ3) is 4.33. The SMILES string of the molecule is COCc1nc(C)c(CNC(=O)CCc2nncn2C)s1. The zero-order valence-electron chi connectivity index (χ0n) is 12.4. The van der Waals surface area contributed by atoms with Crippen LogP contribution in [0, 0.1) is 6.92 Å². The normalized spacial score (nSPS) is 10.8. The van der Waals surface area contributed by atoms with Crippen molar-refractivity contribution in [2.45, 2.75) is 32.9 Å². The Kier molecular flexibility index (Phi) is 5.40. The Balaban J connectivity index is 1.80. The number of nitrogens with zero attached hydrogens (tertiary/aromatic N) is 4. The lowest BCUT2D eigenvalue weighted by molar-refractivity contribution is -0.121. The number of nitrogens with one attached hydrogen (secondary N) is 1. The highest BCUT2D eigenvalue weighted by molar-refractivity contribution is 7.11. The van der Waals surface area contributed by atoms with Crippen LogP contribution in [-0.2, 0) is 36.2 Å². The minimum Gasteiger partial charge on any atom is -0.378 e. The lowest BCUT2D eigenvalue weighted by Gasteiger charge is -2.04. The van der Waals surface area contributed by atoms with E-state index in [-0.39, 0.29) is 5.91 Å². The van der Waals surface area contributed by atoms with E-state index in [9.17, 15) is 4.79 Å². The highest BCUT2D eigenvalue weighted by Gasteiger charge is 2.10. The summed E-state index contributed by atoms with van der Waals surface area (Å²) in [6.07, 6.45) is 2.61. The van der Waals surface area contributed by atoms with Crippen LogP contribution >= 0.6 is 11.3 Å². The Morgan fingerprint density at radius 2 is 2.33 bits per heavy atom. The molecular formula is C13H19N5O2S. The van der Waals surface area contributed by atoms with E-state index in [1.165, 1.54) is 0 Å². The van der Waals surface area contributed by atoms with E-state index in [1.807, 2.05) is 18.5 Å². The van der Waals surface area contributed by atoms with Crippen molar-refractivity contribution in [1.82, 2.24) is 25.1 Å². The van der Waals surface area contributed by atoms with Crippen LogP contribution in [0.15, 0.2) is 6.33 Å². The van der Waals surface area contributed by atoms with E-state index < -0.39 is 0 Å². The van der Waals surface area contributed by atoms with Gasteiger partial charge in [-0.05, 0) is 6.92 Å². The van der Waals surface area contributed by atoms with Crippen molar-refractivity contribution in [2.75, 3.05) is 7.11 Å². The molecule has 0 fully saturated rings. The van der Waals surface area contributed by atoms with Crippen LogP contribution < -0.4 is 5.32 Å². The molecule has 8 heteroatoms. The quantitative estimate of drug-likeness (QED) is 0.824. The second-order valence-corrected chi connectivity index (χ2v) is 5.85. The van der Waals surface area contributed by atoms with Gasteiger partial charge in [0.1, 0.15) is 17.2 Å². The van der Waals surface area contributed by atoms with Crippen LogP contribution in [0.3, 0.4) is 0 Å². The highest BCUT2D eigenvalue weighted by Crippen LogP contribution is 2.18. The van der Waals surface area contributed by atoms with Crippen LogP contribution in [0.1, 0.15) is 27.8 Å². The van der Waals surface area contributed by atoms with Crippen molar-refractivity contribution in [3.05, 3.63) is 27.7 Å². The topological polar surface area (TPSA) is 81.9 Å². The summed E-state index contributed by atoms with van der Waals surface area (Å²) in [5, 5.41) is 11.6. The lowest BCUT2D eigenvalue weighted by atomic mass is 10.2. The Hall–Kier alpha value is -1.80. The van der Waals surface area contributed by atoms with Gasteiger partial charge < -0.3 is 14.6 Å². The van der Waals surface area contributed by atoms with Crippen LogP contribution in [0.5, 0.6) is 0 Å². The smallest absolute Gasteiger partial charge is 0.220 e. The fraction of sp³-hybridized carbons (Fsp3) is 0.538. The average Bonchev–Trinajstić information content (AvgIpc) is 3.01. The van der Waals surface area contributed by atoms with Crippen molar-refractivity contribution in [1.29, 1.82) is 0 Å². The number of carbonyl (C=O) groups is 1.